The number of hydrogen-bond acceptors (Lipinski definition) is 4. The average molecular weight is 215 g/mol. The van der Waals surface area contributed by atoms with Gasteiger partial charge in [-0.1, -0.05) is 0 Å². The van der Waals surface area contributed by atoms with Crippen molar-refractivity contribution in [3.8, 4) is 11.5 Å². The zero-order valence-electron chi connectivity index (χ0n) is 7.19. The molecule has 0 fully saturated rings. The van der Waals surface area contributed by atoms with Crippen molar-refractivity contribution in [2.75, 3.05) is 0 Å². The van der Waals surface area contributed by atoms with Gasteiger partial charge in [-0.15, -0.1) is 10.2 Å². The van der Waals surface area contributed by atoms with Gasteiger partial charge in [-0.05, 0) is 12.1 Å². The van der Waals surface area contributed by atoms with E-state index in [1.807, 2.05) is 0 Å². The molecule has 0 amide bonds. The summed E-state index contributed by atoms with van der Waals surface area (Å²) < 4.78 is 40.8. The predicted molar refractivity (Wildman–Crippen MR) is 42.5 cm³/mol. The summed E-state index contributed by atoms with van der Waals surface area (Å²) in [7, 11) is 0. The van der Waals surface area contributed by atoms with Crippen molar-refractivity contribution in [2.45, 2.75) is 6.18 Å². The maximum Gasteiger partial charge on any atom is 0.470 e. The normalized spacial score (nSPS) is 11.7. The quantitative estimate of drug-likeness (QED) is 0.731. The molecule has 0 radical (unpaired) electrons. The van der Waals surface area contributed by atoms with Crippen LogP contribution in [0.25, 0.3) is 11.5 Å². The van der Waals surface area contributed by atoms with Gasteiger partial charge in [-0.2, -0.15) is 13.2 Å². The number of rotatable bonds is 1. The second-order valence-electron chi connectivity index (χ2n) is 2.65. The van der Waals surface area contributed by atoms with Gasteiger partial charge in [0.25, 0.3) is 0 Å². The van der Waals surface area contributed by atoms with Gasteiger partial charge >= 0.3 is 12.1 Å². The fourth-order valence-corrected chi connectivity index (χ4v) is 0.944. The lowest BCUT2D eigenvalue weighted by atomic mass is 10.3. The third-order valence-electron chi connectivity index (χ3n) is 1.58. The summed E-state index contributed by atoms with van der Waals surface area (Å²) in [5.41, 5.74) is 0.348. The number of alkyl halides is 3. The van der Waals surface area contributed by atoms with Crippen molar-refractivity contribution in [3.63, 3.8) is 0 Å². The van der Waals surface area contributed by atoms with E-state index in [9.17, 15) is 13.2 Å². The third-order valence-corrected chi connectivity index (χ3v) is 1.58. The van der Waals surface area contributed by atoms with Crippen LogP contribution in [0, 0.1) is 0 Å². The van der Waals surface area contributed by atoms with Crippen LogP contribution in [0.15, 0.2) is 28.9 Å². The number of pyridine rings is 1. The van der Waals surface area contributed by atoms with Crippen LogP contribution in [0.5, 0.6) is 0 Å². The summed E-state index contributed by atoms with van der Waals surface area (Å²) >= 11 is 0. The van der Waals surface area contributed by atoms with Crippen LogP contribution in [0.1, 0.15) is 5.89 Å². The first-order valence-electron chi connectivity index (χ1n) is 3.88. The number of aromatic nitrogens is 3. The molecule has 0 aliphatic rings. The molecule has 0 bridgehead atoms. The van der Waals surface area contributed by atoms with Gasteiger partial charge < -0.3 is 4.42 Å². The molecule has 2 aromatic rings. The minimum Gasteiger partial charge on any atom is -0.413 e. The van der Waals surface area contributed by atoms with Crippen LogP contribution in [-0.4, -0.2) is 15.2 Å². The van der Waals surface area contributed by atoms with E-state index in [-0.39, 0.29) is 5.89 Å². The van der Waals surface area contributed by atoms with E-state index in [0.717, 1.165) is 0 Å². The maximum absolute atomic E-state index is 12.1. The summed E-state index contributed by atoms with van der Waals surface area (Å²) in [6.07, 6.45) is -1.79. The molecule has 15 heavy (non-hydrogen) atoms. The Bertz CT molecular complexity index is 452. The van der Waals surface area contributed by atoms with Crippen molar-refractivity contribution in [1.82, 2.24) is 15.2 Å². The summed E-state index contributed by atoms with van der Waals surface area (Å²) in [4.78, 5) is 3.72. The van der Waals surface area contributed by atoms with Gasteiger partial charge in [-0.3, -0.25) is 4.98 Å². The van der Waals surface area contributed by atoms with Crippen molar-refractivity contribution in [2.24, 2.45) is 0 Å². The molecule has 0 N–H and O–H groups in total. The van der Waals surface area contributed by atoms with Gasteiger partial charge in [0.05, 0.1) is 5.56 Å². The number of hydrogen-bond donors (Lipinski definition) is 0. The van der Waals surface area contributed by atoms with Crippen LogP contribution in [0.4, 0.5) is 13.2 Å². The van der Waals surface area contributed by atoms with E-state index in [1.165, 1.54) is 18.5 Å². The molecule has 0 saturated carbocycles. The minimum absolute atomic E-state index is 0.199. The zero-order chi connectivity index (χ0) is 10.9. The van der Waals surface area contributed by atoms with Crippen LogP contribution in [0.3, 0.4) is 0 Å². The molecule has 0 spiro atoms. The summed E-state index contributed by atoms with van der Waals surface area (Å²) in [5.74, 6) is -1.56. The molecule has 78 valence electrons. The van der Waals surface area contributed by atoms with Gasteiger partial charge in [0.15, 0.2) is 0 Å². The summed E-state index contributed by atoms with van der Waals surface area (Å²) in [6, 6.07) is 3.09. The van der Waals surface area contributed by atoms with Crippen LogP contribution in [0.2, 0.25) is 0 Å². The molecule has 0 aromatic carbocycles. The van der Waals surface area contributed by atoms with Crippen LogP contribution >= 0.6 is 0 Å². The first kappa shape index (κ1) is 9.63. The van der Waals surface area contributed by atoms with Gasteiger partial charge in [0.2, 0.25) is 5.89 Å². The smallest absolute Gasteiger partial charge is 0.413 e. The average Bonchev–Trinajstić information content (AvgIpc) is 2.67. The molecule has 0 aliphatic carbocycles. The minimum atomic E-state index is -4.62. The SMILES string of the molecule is FC(F)(F)c1nnc(-c2cccnc2)o1. The molecule has 2 heterocycles. The first-order chi connectivity index (χ1) is 7.07. The van der Waals surface area contributed by atoms with Gasteiger partial charge in [0, 0.05) is 12.4 Å². The Morgan fingerprint density at radius 1 is 1.20 bits per heavy atom. The molecule has 4 nitrogen and oxygen atoms in total. The Balaban J connectivity index is 2.37. The molecular formula is C8H4F3N3O. The topological polar surface area (TPSA) is 51.8 Å². The highest BCUT2D eigenvalue weighted by molar-refractivity contribution is 5.49. The second kappa shape index (κ2) is 3.34. The molecular weight excluding hydrogens is 211 g/mol. The standard InChI is InChI=1S/C8H4F3N3O/c9-8(10,11)7-14-13-6(15-7)5-2-1-3-12-4-5/h1-4H. The van der Waals surface area contributed by atoms with E-state index in [1.54, 1.807) is 6.07 Å². The lowest BCUT2D eigenvalue weighted by Gasteiger charge is -1.97. The lowest BCUT2D eigenvalue weighted by Crippen LogP contribution is -2.04. The van der Waals surface area contributed by atoms with Crippen LogP contribution in [-0.2, 0) is 6.18 Å². The molecule has 7 heteroatoms. The van der Waals surface area contributed by atoms with Crippen molar-refractivity contribution >= 4 is 0 Å². The van der Waals surface area contributed by atoms with Crippen molar-refractivity contribution in [3.05, 3.63) is 30.4 Å². The van der Waals surface area contributed by atoms with E-state index in [0.29, 0.717) is 5.56 Å². The summed E-state index contributed by atoms with van der Waals surface area (Å²) in [5, 5.41) is 6.17. The maximum atomic E-state index is 12.1. The van der Waals surface area contributed by atoms with Gasteiger partial charge in [0.1, 0.15) is 0 Å². The third kappa shape index (κ3) is 1.95. The van der Waals surface area contributed by atoms with Crippen molar-refractivity contribution in [1.29, 1.82) is 0 Å². The highest BCUT2D eigenvalue weighted by Gasteiger charge is 2.38. The molecule has 0 unspecified atom stereocenters. The summed E-state index contributed by atoms with van der Waals surface area (Å²) in [6.45, 7) is 0. The molecule has 2 aromatic heterocycles. The van der Waals surface area contributed by atoms with E-state index >= 15 is 0 Å². The van der Waals surface area contributed by atoms with E-state index < -0.39 is 12.1 Å². The fourth-order valence-electron chi connectivity index (χ4n) is 0.944. The fraction of sp³-hybridized carbons (Fsp3) is 0.125. The Hall–Kier alpha value is -1.92. The number of nitrogens with zero attached hydrogens (tertiary/aromatic N) is 3. The number of halogens is 3. The largest absolute Gasteiger partial charge is 0.470 e. The Morgan fingerprint density at radius 3 is 2.53 bits per heavy atom. The molecule has 0 saturated heterocycles. The molecule has 0 atom stereocenters. The van der Waals surface area contributed by atoms with E-state index in [4.69, 9.17) is 0 Å². The Kier molecular flexibility index (Phi) is 2.14. The molecule has 0 aliphatic heterocycles. The monoisotopic (exact) mass is 215 g/mol. The highest BCUT2D eigenvalue weighted by atomic mass is 19.4. The van der Waals surface area contributed by atoms with Crippen molar-refractivity contribution < 1.29 is 17.6 Å². The predicted octanol–water partition coefficient (Wildman–Crippen LogP) is 2.15. The van der Waals surface area contributed by atoms with E-state index in [2.05, 4.69) is 19.6 Å². The zero-order valence-corrected chi connectivity index (χ0v) is 7.19. The lowest BCUT2D eigenvalue weighted by molar-refractivity contribution is -0.156. The Morgan fingerprint density at radius 2 is 2.00 bits per heavy atom. The second-order valence-corrected chi connectivity index (χ2v) is 2.65. The molecule has 2 rings (SSSR count). The Labute approximate surface area is 81.8 Å². The van der Waals surface area contributed by atoms with Gasteiger partial charge in [-0.25, -0.2) is 0 Å². The van der Waals surface area contributed by atoms with Crippen LogP contribution < -0.4 is 0 Å². The first-order valence-corrected chi connectivity index (χ1v) is 3.88. The highest BCUT2D eigenvalue weighted by Crippen LogP contribution is 2.29.